The summed E-state index contributed by atoms with van der Waals surface area (Å²) in [5.74, 6) is 0. The van der Waals surface area contributed by atoms with Crippen molar-refractivity contribution < 1.29 is 9.86 Å². The molecule has 0 aliphatic carbocycles. The first kappa shape index (κ1) is 10.3. The Balaban J connectivity index is 3.31. The van der Waals surface area contributed by atoms with Gasteiger partial charge in [0.25, 0.3) is 0 Å². The summed E-state index contributed by atoms with van der Waals surface area (Å²) in [4.78, 5) is 12.2. The number of hydroxylamine groups is 2. The van der Waals surface area contributed by atoms with Crippen molar-refractivity contribution >= 4 is 6.03 Å². The Hall–Kier alpha value is -0.650. The fourth-order valence-corrected chi connectivity index (χ4v) is 0.679. The Bertz CT molecular complexity index is 127. The van der Waals surface area contributed by atoms with Crippen molar-refractivity contribution in [3.05, 3.63) is 5.21 Å². The maximum Gasteiger partial charge on any atom is 0.412 e. The Morgan fingerprint density at radius 1 is 1.64 bits per heavy atom. The van der Waals surface area contributed by atoms with Crippen LogP contribution >= 0.6 is 0 Å². The minimum atomic E-state index is -0.830. The summed E-state index contributed by atoms with van der Waals surface area (Å²) in [6, 6.07) is -0.830. The molecule has 0 saturated heterocycles. The summed E-state index contributed by atoms with van der Waals surface area (Å²) in [6.07, 6.45) is 0.689. The molecule has 2 amide bonds. The quantitative estimate of drug-likeness (QED) is 0.488. The molecule has 0 aromatic rings. The van der Waals surface area contributed by atoms with Gasteiger partial charge in [-0.3, -0.25) is 5.06 Å². The van der Waals surface area contributed by atoms with Crippen LogP contribution in [0.2, 0.25) is 0 Å². The predicted molar refractivity (Wildman–Crippen MR) is 42.0 cm³/mol. The van der Waals surface area contributed by atoms with Gasteiger partial charge < -0.3 is 15.8 Å². The van der Waals surface area contributed by atoms with Gasteiger partial charge in [-0.05, 0) is 14.1 Å². The summed E-state index contributed by atoms with van der Waals surface area (Å²) < 4.78 is 0. The number of rotatable bonds is 4. The molecule has 3 N–H and O–H groups in total. The van der Waals surface area contributed by atoms with Crippen molar-refractivity contribution in [2.75, 3.05) is 27.2 Å². The fraction of sp³-hybridized carbons (Fsp3) is 0.833. The van der Waals surface area contributed by atoms with Crippen molar-refractivity contribution in [1.29, 1.82) is 0 Å². The van der Waals surface area contributed by atoms with Crippen molar-refractivity contribution in [1.82, 2.24) is 4.90 Å². The summed E-state index contributed by atoms with van der Waals surface area (Å²) in [5, 5.41) is 10.2. The highest BCUT2D eigenvalue weighted by Gasteiger charge is 2.03. The van der Waals surface area contributed by atoms with E-state index in [2.05, 4.69) is 0 Å². The van der Waals surface area contributed by atoms with Crippen LogP contribution in [0.5, 0.6) is 0 Å². The number of urea groups is 1. The molecule has 0 bridgehead atoms. The number of quaternary nitrogens is 1. The number of primary amides is 1. The van der Waals surface area contributed by atoms with E-state index in [4.69, 9.17) is 5.73 Å². The van der Waals surface area contributed by atoms with E-state index in [9.17, 15) is 10.0 Å². The normalized spacial score (nSPS) is 13.5. The lowest BCUT2D eigenvalue weighted by Gasteiger charge is -2.17. The van der Waals surface area contributed by atoms with Crippen LogP contribution < -0.4 is 10.8 Å². The molecule has 0 heterocycles. The maximum atomic E-state index is 10.6. The average Bonchev–Trinajstić information content (AvgIpc) is 1.86. The van der Waals surface area contributed by atoms with Gasteiger partial charge in [0, 0.05) is 13.0 Å². The third-order valence-corrected chi connectivity index (χ3v) is 1.28. The van der Waals surface area contributed by atoms with Crippen LogP contribution in [0.25, 0.3) is 0 Å². The molecule has 0 radical (unpaired) electrons. The van der Waals surface area contributed by atoms with Gasteiger partial charge in [0.15, 0.2) is 0 Å². The van der Waals surface area contributed by atoms with Crippen LogP contribution in [0.1, 0.15) is 6.42 Å². The molecule has 0 spiro atoms. The molecule has 66 valence electrons. The minimum Gasteiger partial charge on any atom is -0.625 e. The molecule has 0 aliphatic rings. The van der Waals surface area contributed by atoms with Crippen molar-refractivity contribution in [3.63, 3.8) is 0 Å². The third kappa shape index (κ3) is 5.78. The first-order valence-electron chi connectivity index (χ1n) is 3.51. The number of nitrogens with two attached hydrogens (primary N) is 1. The van der Waals surface area contributed by atoms with Crippen LogP contribution in [-0.4, -0.2) is 38.1 Å². The zero-order chi connectivity index (χ0) is 8.85. The second kappa shape index (κ2) is 5.06. The van der Waals surface area contributed by atoms with E-state index in [0.29, 0.717) is 6.42 Å². The average molecular weight is 161 g/mol. The Morgan fingerprint density at radius 2 is 2.18 bits per heavy atom. The zero-order valence-corrected chi connectivity index (χ0v) is 6.96. The molecule has 0 fully saturated rings. The fourth-order valence-electron chi connectivity index (χ4n) is 0.679. The van der Waals surface area contributed by atoms with E-state index in [1.54, 1.807) is 0 Å². The van der Waals surface area contributed by atoms with Crippen LogP contribution in [0, 0.1) is 5.21 Å². The summed E-state index contributed by atoms with van der Waals surface area (Å²) in [5.41, 5.74) is 4.75. The monoisotopic (exact) mass is 161 g/mol. The van der Waals surface area contributed by atoms with E-state index < -0.39 is 11.1 Å². The van der Waals surface area contributed by atoms with Crippen LogP contribution in [0.3, 0.4) is 0 Å². The van der Waals surface area contributed by atoms with E-state index in [1.165, 1.54) is 0 Å². The number of carbonyl (C=O) groups excluding carboxylic acids is 1. The molecule has 1 unspecified atom stereocenters. The molecule has 5 heteroatoms. The minimum absolute atomic E-state index is 0.257. The molecule has 0 rings (SSSR count). The van der Waals surface area contributed by atoms with Gasteiger partial charge in [0.05, 0.1) is 6.54 Å². The molecule has 1 atom stereocenters. The van der Waals surface area contributed by atoms with Crippen LogP contribution in [0.15, 0.2) is 0 Å². The molecule has 0 aliphatic heterocycles. The van der Waals surface area contributed by atoms with E-state index in [-0.39, 0.29) is 6.54 Å². The third-order valence-electron chi connectivity index (χ3n) is 1.28. The Kier molecular flexibility index (Phi) is 4.76. The van der Waals surface area contributed by atoms with E-state index in [0.717, 1.165) is 6.54 Å². The number of carbonyl (C=O) groups is 1. The highest BCUT2D eigenvalue weighted by molar-refractivity contribution is 5.61. The number of hydrogen-bond donors (Lipinski definition) is 2. The number of nitrogens with zero attached hydrogens (tertiary/aromatic N) is 1. The number of hydrogen-bond acceptors (Lipinski definition) is 3. The van der Waals surface area contributed by atoms with Gasteiger partial charge in [-0.1, -0.05) is 0 Å². The molecular weight excluding hydrogens is 146 g/mol. The zero-order valence-electron chi connectivity index (χ0n) is 6.96. The SMILES string of the molecule is CN(C)CCC[NH+]([O-])C(N)=O. The topological polar surface area (TPSA) is 73.8 Å². The van der Waals surface area contributed by atoms with E-state index >= 15 is 0 Å². The number of amides is 2. The molecule has 0 aromatic heterocycles. The highest BCUT2D eigenvalue weighted by Crippen LogP contribution is 1.77. The molecule has 5 nitrogen and oxygen atoms in total. The van der Waals surface area contributed by atoms with Gasteiger partial charge in [-0.15, -0.1) is 0 Å². The van der Waals surface area contributed by atoms with Gasteiger partial charge in [-0.2, -0.15) is 0 Å². The molecule has 0 saturated carbocycles. The largest absolute Gasteiger partial charge is 0.625 e. The standard InChI is InChI=1S/C6H15N3O2/c1-8(2)4-3-5-9(11)6(7)10/h9H,3-5H2,1-2H3,(H2,7,10). The van der Waals surface area contributed by atoms with Gasteiger partial charge in [0.1, 0.15) is 0 Å². The second-order valence-corrected chi connectivity index (χ2v) is 2.69. The Labute approximate surface area is 66.3 Å². The molecule has 0 aromatic carbocycles. The van der Waals surface area contributed by atoms with Gasteiger partial charge in [-0.25, -0.2) is 4.79 Å². The van der Waals surface area contributed by atoms with Crippen molar-refractivity contribution in [2.45, 2.75) is 6.42 Å². The summed E-state index contributed by atoms with van der Waals surface area (Å²) in [6.45, 7) is 1.06. The molecule has 11 heavy (non-hydrogen) atoms. The summed E-state index contributed by atoms with van der Waals surface area (Å²) >= 11 is 0. The highest BCUT2D eigenvalue weighted by atomic mass is 16.5. The van der Waals surface area contributed by atoms with E-state index in [1.807, 2.05) is 19.0 Å². The van der Waals surface area contributed by atoms with Crippen LogP contribution in [-0.2, 0) is 0 Å². The maximum absolute atomic E-state index is 10.6. The lowest BCUT2D eigenvalue weighted by molar-refractivity contribution is -0.757. The lowest BCUT2D eigenvalue weighted by atomic mass is 10.4. The molecular formula is C6H15N3O2. The number of nitrogens with one attached hydrogen (secondary N) is 1. The predicted octanol–water partition coefficient (Wildman–Crippen LogP) is -1.60. The first-order chi connectivity index (χ1) is 5.04. The first-order valence-corrected chi connectivity index (χ1v) is 3.51. The Morgan fingerprint density at radius 3 is 2.55 bits per heavy atom. The second-order valence-electron chi connectivity index (χ2n) is 2.69. The smallest absolute Gasteiger partial charge is 0.412 e. The van der Waals surface area contributed by atoms with Crippen molar-refractivity contribution in [3.8, 4) is 0 Å². The van der Waals surface area contributed by atoms with Gasteiger partial charge in [0.2, 0.25) is 0 Å². The lowest BCUT2D eigenvalue weighted by Crippen LogP contribution is -3.11. The van der Waals surface area contributed by atoms with Gasteiger partial charge >= 0.3 is 6.03 Å². The van der Waals surface area contributed by atoms with Crippen LogP contribution in [0.4, 0.5) is 4.79 Å². The van der Waals surface area contributed by atoms with Crippen molar-refractivity contribution in [2.24, 2.45) is 5.73 Å². The summed E-state index contributed by atoms with van der Waals surface area (Å²) in [7, 11) is 3.82.